The summed E-state index contributed by atoms with van der Waals surface area (Å²) >= 11 is 0. The number of hydrogen-bond donors (Lipinski definition) is 1. The largest absolute Gasteiger partial charge is 0.369 e. The Morgan fingerprint density at radius 1 is 1.07 bits per heavy atom. The van der Waals surface area contributed by atoms with Gasteiger partial charge in [-0.2, -0.15) is 0 Å². The molecule has 3 atom stereocenters. The lowest BCUT2D eigenvalue weighted by atomic mass is 9.86. The molecule has 1 amide bonds. The highest BCUT2D eigenvalue weighted by molar-refractivity contribution is 5.78. The average molecular weight is 386 g/mol. The molecule has 1 N–H and O–H groups in total. The van der Waals surface area contributed by atoms with E-state index in [1.807, 2.05) is 0 Å². The van der Waals surface area contributed by atoms with Crippen molar-refractivity contribution >= 4 is 11.6 Å². The Labute approximate surface area is 171 Å². The van der Waals surface area contributed by atoms with Gasteiger partial charge in [0, 0.05) is 50.9 Å². The zero-order chi connectivity index (χ0) is 20.1. The molecule has 0 aliphatic carbocycles. The maximum absolute atomic E-state index is 12.1. The lowest BCUT2D eigenvalue weighted by Gasteiger charge is -2.33. The maximum atomic E-state index is 12.1. The van der Waals surface area contributed by atoms with Crippen molar-refractivity contribution in [2.24, 2.45) is 0 Å². The SMILES string of the molecule is CCC(C)c1cc(C(CC)CC(C)N2CCCC2=O)ccc1N1CCNCC1. The zero-order valence-corrected chi connectivity index (χ0v) is 18.3. The van der Waals surface area contributed by atoms with Crippen molar-refractivity contribution in [3.63, 3.8) is 0 Å². The van der Waals surface area contributed by atoms with Crippen LogP contribution in [0, 0.1) is 0 Å². The van der Waals surface area contributed by atoms with Crippen molar-refractivity contribution in [3.8, 4) is 0 Å². The Kier molecular flexibility index (Phi) is 7.39. The van der Waals surface area contributed by atoms with Gasteiger partial charge in [0.25, 0.3) is 0 Å². The van der Waals surface area contributed by atoms with E-state index >= 15 is 0 Å². The van der Waals surface area contributed by atoms with Gasteiger partial charge in [-0.15, -0.1) is 0 Å². The third-order valence-electron chi connectivity index (χ3n) is 6.88. The molecular formula is C24H39N3O. The summed E-state index contributed by atoms with van der Waals surface area (Å²) < 4.78 is 0. The monoisotopic (exact) mass is 385 g/mol. The molecule has 2 aliphatic rings. The lowest BCUT2D eigenvalue weighted by molar-refractivity contribution is -0.129. The average Bonchev–Trinajstić information content (AvgIpc) is 3.17. The number of piperazine rings is 1. The number of amides is 1. The van der Waals surface area contributed by atoms with E-state index in [-0.39, 0.29) is 0 Å². The highest BCUT2D eigenvalue weighted by Gasteiger charge is 2.27. The third-order valence-corrected chi connectivity index (χ3v) is 6.88. The highest BCUT2D eigenvalue weighted by atomic mass is 16.2. The first kappa shape index (κ1) is 21.2. The second-order valence-corrected chi connectivity index (χ2v) is 8.75. The Morgan fingerprint density at radius 3 is 2.43 bits per heavy atom. The normalized spacial score (nSPS) is 21.1. The molecule has 0 bridgehead atoms. The van der Waals surface area contributed by atoms with Gasteiger partial charge in [-0.3, -0.25) is 4.79 Å². The molecule has 4 heteroatoms. The van der Waals surface area contributed by atoms with Crippen LogP contribution in [0.4, 0.5) is 5.69 Å². The lowest BCUT2D eigenvalue weighted by Crippen LogP contribution is -2.44. The van der Waals surface area contributed by atoms with Gasteiger partial charge in [0.1, 0.15) is 0 Å². The van der Waals surface area contributed by atoms with E-state index in [2.05, 4.69) is 61.0 Å². The molecule has 4 nitrogen and oxygen atoms in total. The van der Waals surface area contributed by atoms with Gasteiger partial charge in [0.15, 0.2) is 0 Å². The molecule has 156 valence electrons. The van der Waals surface area contributed by atoms with Crippen LogP contribution in [0.2, 0.25) is 0 Å². The van der Waals surface area contributed by atoms with E-state index in [1.165, 1.54) is 16.8 Å². The predicted molar refractivity (Wildman–Crippen MR) is 118 cm³/mol. The molecule has 0 spiro atoms. The number of anilines is 1. The summed E-state index contributed by atoms with van der Waals surface area (Å²) in [5.74, 6) is 1.43. The number of nitrogens with zero attached hydrogens (tertiary/aromatic N) is 2. The van der Waals surface area contributed by atoms with Crippen molar-refractivity contribution < 1.29 is 4.79 Å². The minimum Gasteiger partial charge on any atom is -0.369 e. The minimum atomic E-state index is 0.333. The molecule has 2 heterocycles. The van der Waals surface area contributed by atoms with Crippen molar-refractivity contribution in [3.05, 3.63) is 29.3 Å². The van der Waals surface area contributed by atoms with Crippen LogP contribution in [0.1, 0.15) is 82.8 Å². The van der Waals surface area contributed by atoms with E-state index in [0.717, 1.165) is 64.8 Å². The molecule has 2 fully saturated rings. The third kappa shape index (κ3) is 4.71. The van der Waals surface area contributed by atoms with Crippen LogP contribution in [0.5, 0.6) is 0 Å². The van der Waals surface area contributed by atoms with E-state index in [9.17, 15) is 4.79 Å². The molecule has 1 aromatic carbocycles. The van der Waals surface area contributed by atoms with Crippen LogP contribution in [0.25, 0.3) is 0 Å². The maximum Gasteiger partial charge on any atom is 0.222 e. The molecule has 2 saturated heterocycles. The first-order chi connectivity index (χ1) is 13.5. The molecule has 3 rings (SSSR count). The molecule has 3 unspecified atom stereocenters. The van der Waals surface area contributed by atoms with E-state index in [1.54, 1.807) is 0 Å². The number of benzene rings is 1. The van der Waals surface area contributed by atoms with Crippen molar-refractivity contribution in [2.45, 2.75) is 77.7 Å². The summed E-state index contributed by atoms with van der Waals surface area (Å²) in [5, 5.41) is 3.46. The molecule has 1 aromatic rings. The number of carbonyl (C=O) groups is 1. The molecule has 28 heavy (non-hydrogen) atoms. The van der Waals surface area contributed by atoms with Crippen molar-refractivity contribution in [2.75, 3.05) is 37.6 Å². The number of hydrogen-bond acceptors (Lipinski definition) is 3. The highest BCUT2D eigenvalue weighted by Crippen LogP contribution is 2.35. The Morgan fingerprint density at radius 2 is 1.82 bits per heavy atom. The van der Waals surface area contributed by atoms with Gasteiger partial charge < -0.3 is 15.1 Å². The summed E-state index contributed by atoms with van der Waals surface area (Å²) in [6, 6.07) is 7.55. The Hall–Kier alpha value is -1.55. The van der Waals surface area contributed by atoms with Gasteiger partial charge in [-0.05, 0) is 61.6 Å². The second-order valence-electron chi connectivity index (χ2n) is 8.75. The fraction of sp³-hybridized carbons (Fsp3) is 0.708. The number of likely N-dealkylation sites (tertiary alicyclic amines) is 1. The van der Waals surface area contributed by atoms with Gasteiger partial charge >= 0.3 is 0 Å². The van der Waals surface area contributed by atoms with Crippen molar-refractivity contribution in [1.29, 1.82) is 0 Å². The summed E-state index contributed by atoms with van der Waals surface area (Å²) in [7, 11) is 0. The molecule has 0 radical (unpaired) electrons. The molecule has 0 saturated carbocycles. The second kappa shape index (κ2) is 9.78. The van der Waals surface area contributed by atoms with Gasteiger partial charge in [-0.25, -0.2) is 0 Å². The predicted octanol–water partition coefficient (Wildman–Crippen LogP) is 4.50. The topological polar surface area (TPSA) is 35.6 Å². The van der Waals surface area contributed by atoms with Crippen molar-refractivity contribution in [1.82, 2.24) is 10.2 Å². The van der Waals surface area contributed by atoms with Crippen LogP contribution in [0.3, 0.4) is 0 Å². The molecular weight excluding hydrogens is 346 g/mol. The molecule has 2 aliphatic heterocycles. The Bertz CT molecular complexity index is 653. The van der Waals surface area contributed by atoms with Crippen LogP contribution in [0.15, 0.2) is 18.2 Å². The summed E-state index contributed by atoms with van der Waals surface area (Å²) in [5.41, 5.74) is 4.39. The first-order valence-electron chi connectivity index (χ1n) is 11.4. The Balaban J connectivity index is 1.81. The van der Waals surface area contributed by atoms with Crippen LogP contribution in [-0.4, -0.2) is 49.6 Å². The van der Waals surface area contributed by atoms with E-state index in [0.29, 0.717) is 23.8 Å². The fourth-order valence-corrected chi connectivity index (χ4v) is 4.85. The fourth-order valence-electron chi connectivity index (χ4n) is 4.85. The summed E-state index contributed by atoms with van der Waals surface area (Å²) in [6.07, 6.45) is 5.11. The van der Waals surface area contributed by atoms with Crippen LogP contribution in [-0.2, 0) is 4.79 Å². The number of carbonyl (C=O) groups excluding carboxylic acids is 1. The first-order valence-corrected chi connectivity index (χ1v) is 11.4. The van der Waals surface area contributed by atoms with E-state index in [4.69, 9.17) is 0 Å². The number of rotatable bonds is 8. The standard InChI is InChI=1S/C24H39N3O/c1-5-18(3)22-17-21(9-10-23(22)26-14-11-25-12-15-26)20(6-2)16-19(4)27-13-7-8-24(27)28/h9-10,17-20,25H,5-8,11-16H2,1-4H3. The van der Waals surface area contributed by atoms with Crippen LogP contribution >= 0.6 is 0 Å². The van der Waals surface area contributed by atoms with Gasteiger partial charge in [-0.1, -0.05) is 32.9 Å². The van der Waals surface area contributed by atoms with Crippen LogP contribution < -0.4 is 10.2 Å². The smallest absolute Gasteiger partial charge is 0.222 e. The van der Waals surface area contributed by atoms with Gasteiger partial charge in [0.05, 0.1) is 0 Å². The quantitative estimate of drug-likeness (QED) is 0.715. The van der Waals surface area contributed by atoms with E-state index < -0.39 is 0 Å². The summed E-state index contributed by atoms with van der Waals surface area (Å²) in [6.45, 7) is 14.4. The minimum absolute atomic E-state index is 0.333. The zero-order valence-electron chi connectivity index (χ0n) is 18.3. The summed E-state index contributed by atoms with van der Waals surface area (Å²) in [4.78, 5) is 16.8. The van der Waals surface area contributed by atoms with Gasteiger partial charge in [0.2, 0.25) is 5.91 Å². The number of nitrogens with one attached hydrogen (secondary N) is 1. The molecule has 0 aromatic heterocycles.